The van der Waals surface area contributed by atoms with Crippen LogP contribution in [0, 0.1) is 5.41 Å². The van der Waals surface area contributed by atoms with Crippen molar-refractivity contribution in [3.8, 4) is 0 Å². The van der Waals surface area contributed by atoms with Crippen molar-refractivity contribution in [1.82, 2.24) is 9.78 Å². The molecule has 1 aromatic heterocycles. The molecule has 0 atom stereocenters. The number of hydrogen-bond donors (Lipinski definition) is 0. The minimum atomic E-state index is 0.246. The zero-order valence-electron chi connectivity index (χ0n) is 9.50. The predicted molar refractivity (Wildman–Crippen MR) is 72.0 cm³/mol. The van der Waals surface area contributed by atoms with Gasteiger partial charge in [0.05, 0.1) is 5.69 Å². The van der Waals surface area contributed by atoms with E-state index in [1.807, 2.05) is 4.68 Å². The van der Waals surface area contributed by atoms with Crippen LogP contribution in [0.15, 0.2) is 12.3 Å². The Kier molecular flexibility index (Phi) is 4.84. The van der Waals surface area contributed by atoms with Crippen LogP contribution >= 0.6 is 31.9 Å². The molecule has 4 heteroatoms. The highest BCUT2D eigenvalue weighted by Gasteiger charge is 2.23. The fourth-order valence-electron chi connectivity index (χ4n) is 1.33. The van der Waals surface area contributed by atoms with Gasteiger partial charge in [-0.05, 0) is 31.7 Å². The predicted octanol–water partition coefficient (Wildman–Crippen LogP) is 3.80. The topological polar surface area (TPSA) is 17.8 Å². The second-order valence-electron chi connectivity index (χ2n) is 4.64. The monoisotopic (exact) mass is 336 g/mol. The second-order valence-corrected chi connectivity index (χ2v) is 5.76. The third-order valence-corrected chi connectivity index (χ3v) is 5.15. The molecule has 1 aromatic rings. The lowest BCUT2D eigenvalue weighted by atomic mass is 9.90. The summed E-state index contributed by atoms with van der Waals surface area (Å²) in [7, 11) is 0. The molecular weight excluding hydrogens is 320 g/mol. The van der Waals surface area contributed by atoms with E-state index in [4.69, 9.17) is 0 Å². The van der Waals surface area contributed by atoms with Gasteiger partial charge in [0.1, 0.15) is 0 Å². The van der Waals surface area contributed by atoms with Crippen LogP contribution in [-0.4, -0.2) is 20.4 Å². The van der Waals surface area contributed by atoms with Gasteiger partial charge in [0, 0.05) is 22.9 Å². The van der Waals surface area contributed by atoms with Crippen LogP contribution in [0.3, 0.4) is 0 Å². The highest BCUT2D eigenvalue weighted by atomic mass is 79.9. The van der Waals surface area contributed by atoms with E-state index in [-0.39, 0.29) is 5.41 Å². The van der Waals surface area contributed by atoms with Crippen LogP contribution < -0.4 is 0 Å². The summed E-state index contributed by atoms with van der Waals surface area (Å²) in [5, 5.41) is 6.54. The lowest BCUT2D eigenvalue weighted by molar-refractivity contribution is 0.425. The quantitative estimate of drug-likeness (QED) is 0.747. The zero-order valence-corrected chi connectivity index (χ0v) is 12.7. The van der Waals surface area contributed by atoms with Crippen LogP contribution in [0.1, 0.15) is 32.5 Å². The largest absolute Gasteiger partial charge is 0.270 e. The van der Waals surface area contributed by atoms with Gasteiger partial charge in [0.2, 0.25) is 0 Å². The van der Waals surface area contributed by atoms with Crippen molar-refractivity contribution < 1.29 is 0 Å². The van der Waals surface area contributed by atoms with E-state index in [1.165, 1.54) is 5.69 Å². The number of halogens is 2. The van der Waals surface area contributed by atoms with E-state index in [0.717, 1.165) is 17.1 Å². The van der Waals surface area contributed by atoms with Gasteiger partial charge in [-0.2, -0.15) is 5.10 Å². The maximum Gasteiger partial charge on any atom is 0.0630 e. The van der Waals surface area contributed by atoms with Crippen molar-refractivity contribution in [2.75, 3.05) is 10.7 Å². The first-order valence-electron chi connectivity index (χ1n) is 5.17. The normalized spacial score (nSPS) is 12.4. The number of alkyl halides is 2. The first-order chi connectivity index (χ1) is 7.00. The van der Waals surface area contributed by atoms with Crippen molar-refractivity contribution in [3.63, 3.8) is 0 Å². The molecule has 1 heterocycles. The average Bonchev–Trinajstić information content (AvgIpc) is 2.66. The minimum Gasteiger partial charge on any atom is -0.270 e. The summed E-state index contributed by atoms with van der Waals surface area (Å²) >= 11 is 7.12. The Hall–Kier alpha value is 0.170. The molecule has 2 nitrogen and oxygen atoms in total. The first-order valence-corrected chi connectivity index (χ1v) is 7.41. The van der Waals surface area contributed by atoms with Gasteiger partial charge in [-0.15, -0.1) is 0 Å². The molecule has 0 aliphatic carbocycles. The lowest BCUT2D eigenvalue weighted by Crippen LogP contribution is -2.23. The molecule has 0 unspecified atom stereocenters. The van der Waals surface area contributed by atoms with Crippen molar-refractivity contribution in [2.45, 2.75) is 33.2 Å². The van der Waals surface area contributed by atoms with Gasteiger partial charge >= 0.3 is 0 Å². The third kappa shape index (κ3) is 3.59. The van der Waals surface area contributed by atoms with E-state index in [9.17, 15) is 0 Å². The standard InChI is InChI=1S/C11H18Br2N2/c1-9(2)15-5-4-10(14-15)6-11(3,7-12)8-13/h4-5,9H,6-8H2,1-3H3. The number of nitrogens with zero attached hydrogens (tertiary/aromatic N) is 2. The molecule has 0 saturated carbocycles. The van der Waals surface area contributed by atoms with E-state index in [2.05, 4.69) is 70.0 Å². The van der Waals surface area contributed by atoms with E-state index in [0.29, 0.717) is 6.04 Å². The maximum absolute atomic E-state index is 4.57. The molecule has 0 amide bonds. The zero-order chi connectivity index (χ0) is 11.5. The van der Waals surface area contributed by atoms with Gasteiger partial charge in [-0.25, -0.2) is 0 Å². The molecule has 0 aromatic carbocycles. The Morgan fingerprint density at radius 2 is 2.00 bits per heavy atom. The van der Waals surface area contributed by atoms with Gasteiger partial charge in [-0.3, -0.25) is 4.68 Å². The van der Waals surface area contributed by atoms with Gasteiger partial charge in [0.15, 0.2) is 0 Å². The maximum atomic E-state index is 4.57. The van der Waals surface area contributed by atoms with Crippen LogP contribution in [0.5, 0.6) is 0 Å². The lowest BCUT2D eigenvalue weighted by Gasteiger charge is -2.23. The molecule has 0 fully saturated rings. The first kappa shape index (κ1) is 13.2. The highest BCUT2D eigenvalue weighted by Crippen LogP contribution is 2.26. The van der Waals surface area contributed by atoms with Crippen LogP contribution in [0.4, 0.5) is 0 Å². The van der Waals surface area contributed by atoms with Gasteiger partial charge in [0.25, 0.3) is 0 Å². The Bertz CT molecular complexity index is 303. The number of rotatable bonds is 5. The molecule has 0 radical (unpaired) electrons. The molecule has 15 heavy (non-hydrogen) atoms. The number of aromatic nitrogens is 2. The van der Waals surface area contributed by atoms with Gasteiger partial charge in [-0.1, -0.05) is 38.8 Å². The van der Waals surface area contributed by atoms with Crippen molar-refractivity contribution in [1.29, 1.82) is 0 Å². The molecule has 0 saturated heterocycles. The smallest absolute Gasteiger partial charge is 0.0630 e. The van der Waals surface area contributed by atoms with Crippen LogP contribution in [-0.2, 0) is 6.42 Å². The summed E-state index contributed by atoms with van der Waals surface area (Å²) in [5.74, 6) is 0. The minimum absolute atomic E-state index is 0.246. The van der Waals surface area contributed by atoms with E-state index in [1.54, 1.807) is 0 Å². The Balaban J connectivity index is 2.72. The van der Waals surface area contributed by atoms with E-state index < -0.39 is 0 Å². The van der Waals surface area contributed by atoms with Crippen LogP contribution in [0.25, 0.3) is 0 Å². The molecule has 0 aliphatic heterocycles. The Morgan fingerprint density at radius 1 is 1.40 bits per heavy atom. The Labute approximate surface area is 109 Å². The summed E-state index contributed by atoms with van der Waals surface area (Å²) < 4.78 is 2.01. The molecule has 86 valence electrons. The van der Waals surface area contributed by atoms with Gasteiger partial charge < -0.3 is 0 Å². The molecule has 0 aliphatic rings. The third-order valence-electron chi connectivity index (χ3n) is 2.45. The Morgan fingerprint density at radius 3 is 2.40 bits per heavy atom. The van der Waals surface area contributed by atoms with Crippen molar-refractivity contribution >= 4 is 31.9 Å². The fourth-order valence-corrected chi connectivity index (χ4v) is 2.65. The van der Waals surface area contributed by atoms with Crippen molar-refractivity contribution in [3.05, 3.63) is 18.0 Å². The summed E-state index contributed by atoms with van der Waals surface area (Å²) in [6.45, 7) is 6.54. The van der Waals surface area contributed by atoms with Crippen LogP contribution in [0.2, 0.25) is 0 Å². The molecule has 0 N–H and O–H groups in total. The van der Waals surface area contributed by atoms with E-state index >= 15 is 0 Å². The molecular formula is C11H18Br2N2. The molecule has 0 bridgehead atoms. The second kappa shape index (κ2) is 5.48. The fraction of sp³-hybridized carbons (Fsp3) is 0.727. The number of hydrogen-bond acceptors (Lipinski definition) is 1. The molecule has 1 rings (SSSR count). The summed E-state index contributed by atoms with van der Waals surface area (Å²) in [5.41, 5.74) is 1.42. The average molecular weight is 338 g/mol. The SMILES string of the molecule is CC(C)n1ccc(CC(C)(CBr)CBr)n1. The summed E-state index contributed by atoms with van der Waals surface area (Å²) in [6, 6.07) is 2.56. The summed E-state index contributed by atoms with van der Waals surface area (Å²) in [6.07, 6.45) is 3.06. The molecule has 0 spiro atoms. The van der Waals surface area contributed by atoms with Crippen molar-refractivity contribution in [2.24, 2.45) is 5.41 Å². The highest BCUT2D eigenvalue weighted by molar-refractivity contribution is 9.09. The summed E-state index contributed by atoms with van der Waals surface area (Å²) in [4.78, 5) is 0.